The topological polar surface area (TPSA) is 298 Å². The maximum absolute atomic E-state index is 12.1. The highest BCUT2D eigenvalue weighted by atomic mass is 16.2. The molecule has 2 rings (SSSR count). The lowest BCUT2D eigenvalue weighted by Gasteiger charge is -2.29. The Morgan fingerprint density at radius 1 is 0.857 bits per heavy atom. The third-order valence-corrected chi connectivity index (χ3v) is 5.89. The second kappa shape index (κ2) is 17.8. The van der Waals surface area contributed by atoms with Gasteiger partial charge in [0.25, 0.3) is 11.8 Å². The van der Waals surface area contributed by atoms with Crippen LogP contribution < -0.4 is 44.2 Å². The fourth-order valence-corrected chi connectivity index (χ4v) is 3.62. The van der Waals surface area contributed by atoms with Crippen LogP contribution in [0, 0.1) is 0 Å². The number of nitrogens with zero attached hydrogens (tertiary/aromatic N) is 5. The van der Waals surface area contributed by atoms with E-state index in [1.165, 1.54) is 23.8 Å². The molecule has 2 unspecified atom stereocenters. The minimum atomic E-state index is -0.822. The van der Waals surface area contributed by atoms with E-state index in [-0.39, 0.29) is 67.6 Å². The highest BCUT2D eigenvalue weighted by Crippen LogP contribution is 2.08. The summed E-state index contributed by atoms with van der Waals surface area (Å²) in [4.78, 5) is 83.5. The number of aliphatic imine (C=N–C) groups is 3. The summed E-state index contributed by atoms with van der Waals surface area (Å²) in [6, 6.07) is -2.20. The Kier molecular flexibility index (Phi) is 14.9. The molecule has 42 heavy (non-hydrogen) atoms. The summed E-state index contributed by atoms with van der Waals surface area (Å²) in [6.07, 6.45) is 2.76. The zero-order valence-corrected chi connectivity index (χ0v) is 24.0. The zero-order valence-electron chi connectivity index (χ0n) is 24.0. The molecular formula is C23H41N13O6. The second-order valence-corrected chi connectivity index (χ2v) is 9.22. The van der Waals surface area contributed by atoms with Crippen LogP contribution in [-0.2, 0) is 24.0 Å². The summed E-state index contributed by atoms with van der Waals surface area (Å²) in [5.41, 5.74) is 20.7. The van der Waals surface area contributed by atoms with Crippen LogP contribution in [-0.4, -0.2) is 116 Å². The van der Waals surface area contributed by atoms with Crippen molar-refractivity contribution in [3.05, 3.63) is 0 Å². The van der Waals surface area contributed by atoms with Crippen molar-refractivity contribution in [2.75, 3.05) is 40.3 Å². The highest BCUT2D eigenvalue weighted by molar-refractivity contribution is 6.08. The first-order chi connectivity index (χ1) is 19.8. The summed E-state index contributed by atoms with van der Waals surface area (Å²) in [6.45, 7) is 2.26. The molecular weight excluding hydrogens is 554 g/mol. The first-order valence-electron chi connectivity index (χ1n) is 13.1. The molecule has 12 N–H and O–H groups in total. The summed E-state index contributed by atoms with van der Waals surface area (Å²) in [5, 5.41) is 9.39. The average Bonchev–Trinajstić information content (AvgIpc) is 2.89. The van der Waals surface area contributed by atoms with Crippen LogP contribution >= 0.6 is 0 Å². The van der Waals surface area contributed by atoms with Crippen molar-refractivity contribution in [2.24, 2.45) is 37.9 Å². The third-order valence-electron chi connectivity index (χ3n) is 5.89. The van der Waals surface area contributed by atoms with Gasteiger partial charge in [0.1, 0.15) is 12.1 Å². The average molecular weight is 596 g/mol. The van der Waals surface area contributed by atoms with Gasteiger partial charge in [0.15, 0.2) is 5.96 Å². The van der Waals surface area contributed by atoms with Crippen LogP contribution in [0.5, 0.6) is 0 Å². The van der Waals surface area contributed by atoms with Crippen molar-refractivity contribution < 1.29 is 28.8 Å². The van der Waals surface area contributed by atoms with E-state index in [0.29, 0.717) is 19.4 Å². The number of primary amides is 1. The number of hydrogen-bond acceptors (Lipinski definition) is 10. The molecule has 0 aromatic carbocycles. The maximum atomic E-state index is 12.1. The zero-order chi connectivity index (χ0) is 31.8. The fraction of sp³-hybridized carbons (Fsp3) is 0.609. The minimum Gasteiger partial charge on any atom is -0.370 e. The highest BCUT2D eigenvalue weighted by Gasteiger charge is 2.31. The molecule has 0 spiro atoms. The number of amides is 7. The van der Waals surface area contributed by atoms with Gasteiger partial charge in [0.05, 0.1) is 13.1 Å². The van der Waals surface area contributed by atoms with E-state index in [1.54, 1.807) is 7.05 Å². The number of nitrogens with two attached hydrogens (primary N) is 4. The van der Waals surface area contributed by atoms with Gasteiger partial charge in [-0.1, -0.05) is 6.42 Å². The van der Waals surface area contributed by atoms with Crippen LogP contribution in [0.25, 0.3) is 0 Å². The molecule has 0 radical (unpaired) electrons. The van der Waals surface area contributed by atoms with E-state index in [9.17, 15) is 28.8 Å². The van der Waals surface area contributed by atoms with Crippen molar-refractivity contribution >= 4 is 53.4 Å². The van der Waals surface area contributed by atoms with Gasteiger partial charge in [-0.05, 0) is 12.8 Å². The van der Waals surface area contributed by atoms with E-state index in [4.69, 9.17) is 22.9 Å². The van der Waals surface area contributed by atoms with E-state index in [1.807, 2.05) is 0 Å². The number of unbranched alkanes of at least 4 members (excludes halogenated alkanes) is 2. The van der Waals surface area contributed by atoms with Crippen molar-refractivity contribution in [1.29, 1.82) is 0 Å². The molecule has 2 aliphatic rings. The van der Waals surface area contributed by atoms with Crippen LogP contribution in [0.1, 0.15) is 39.0 Å². The second-order valence-electron chi connectivity index (χ2n) is 9.22. The number of hydrogen-bond donors (Lipinski definition) is 8. The Labute approximate surface area is 242 Å². The van der Waals surface area contributed by atoms with Crippen LogP contribution in [0.4, 0.5) is 4.79 Å². The molecule has 0 aromatic rings. The molecule has 0 saturated heterocycles. The molecule has 0 fully saturated rings. The van der Waals surface area contributed by atoms with Gasteiger partial charge in [0.2, 0.25) is 29.6 Å². The Bertz CT molecular complexity index is 1100. The molecule has 7 amide bonds. The number of urea groups is 1. The number of nitrogens with one attached hydrogen (secondary N) is 4. The first kappa shape index (κ1) is 35.2. The SMILES string of the molecule is CC(=O)NC1=NCC(N(C)C(=O)CCN)C(=O)N1.CN(C(=O)CCCCCN=C(N)N)C1CN=C(NC(N)=O)NC1=O. The van der Waals surface area contributed by atoms with Crippen LogP contribution in [0.2, 0.25) is 0 Å². The van der Waals surface area contributed by atoms with Gasteiger partial charge in [-0.2, -0.15) is 0 Å². The lowest BCUT2D eigenvalue weighted by atomic mass is 10.1. The largest absolute Gasteiger partial charge is 0.370 e. The van der Waals surface area contributed by atoms with E-state index in [0.717, 1.165) is 12.8 Å². The predicted molar refractivity (Wildman–Crippen MR) is 153 cm³/mol. The molecule has 0 aliphatic carbocycles. The van der Waals surface area contributed by atoms with Crippen molar-refractivity contribution in [3.8, 4) is 0 Å². The molecule has 2 aliphatic heterocycles. The Morgan fingerprint density at radius 2 is 1.36 bits per heavy atom. The van der Waals surface area contributed by atoms with Crippen molar-refractivity contribution in [1.82, 2.24) is 31.1 Å². The standard InChI is InChI=1S/C13H24N8O3.C10H17N5O3/c1-21(9(22)5-3-2-4-6-17-11(14)15)8-7-18-13(19-10(8)23)20-12(16)24;1-6(16)13-10-12-5-7(9(18)14-10)15(2)8(17)3-4-11/h8H,2-7H2,1H3,(H4,14,15,17)(H4,16,18,19,20,23,24);7H,3-5,11H2,1-2H3,(H2,12,13,14,16,18). The number of carbonyl (C=O) groups is 6. The quantitative estimate of drug-likeness (QED) is 0.0685. The van der Waals surface area contributed by atoms with Gasteiger partial charge in [-0.15, -0.1) is 0 Å². The monoisotopic (exact) mass is 595 g/mol. The molecule has 0 saturated carbocycles. The van der Waals surface area contributed by atoms with Gasteiger partial charge in [-0.25, -0.2) is 14.8 Å². The molecule has 19 nitrogen and oxygen atoms in total. The summed E-state index contributed by atoms with van der Waals surface area (Å²) < 4.78 is 0. The number of rotatable bonds is 10. The van der Waals surface area contributed by atoms with Gasteiger partial charge >= 0.3 is 6.03 Å². The summed E-state index contributed by atoms with van der Waals surface area (Å²) >= 11 is 0. The van der Waals surface area contributed by atoms with E-state index >= 15 is 0 Å². The summed E-state index contributed by atoms with van der Waals surface area (Å²) in [7, 11) is 3.08. The molecule has 0 bridgehead atoms. The molecule has 2 atom stereocenters. The molecule has 0 aromatic heterocycles. The fourth-order valence-electron chi connectivity index (χ4n) is 3.62. The molecule has 234 valence electrons. The summed E-state index contributed by atoms with van der Waals surface area (Å²) in [5.74, 6) is -1.32. The van der Waals surface area contributed by atoms with E-state index < -0.39 is 24.0 Å². The van der Waals surface area contributed by atoms with Gasteiger partial charge in [-0.3, -0.25) is 50.2 Å². The van der Waals surface area contributed by atoms with Crippen LogP contribution in [0.3, 0.4) is 0 Å². The van der Waals surface area contributed by atoms with Crippen LogP contribution in [0.15, 0.2) is 15.0 Å². The third kappa shape index (κ3) is 12.6. The predicted octanol–water partition coefficient (Wildman–Crippen LogP) is -4.41. The number of carbonyl (C=O) groups excluding carboxylic acids is 6. The Balaban J connectivity index is 0.000000437. The van der Waals surface area contributed by atoms with Crippen molar-refractivity contribution in [3.63, 3.8) is 0 Å². The normalized spacial score (nSPS) is 17.5. The molecule has 2 heterocycles. The first-order valence-corrected chi connectivity index (χ1v) is 13.1. The van der Waals surface area contributed by atoms with Gasteiger partial charge < -0.3 is 32.7 Å². The smallest absolute Gasteiger partial charge is 0.318 e. The molecule has 19 heteroatoms. The minimum absolute atomic E-state index is 0.00988. The van der Waals surface area contributed by atoms with E-state index in [2.05, 4.69) is 36.2 Å². The lowest BCUT2D eigenvalue weighted by Crippen LogP contribution is -2.58. The van der Waals surface area contributed by atoms with Gasteiger partial charge in [0, 0.05) is 47.0 Å². The lowest BCUT2D eigenvalue weighted by molar-refractivity contribution is -0.138. The number of likely N-dealkylation sites (N-methyl/N-ethyl adjacent to an activating group) is 2. The maximum Gasteiger partial charge on any atom is 0.318 e. The Morgan fingerprint density at radius 3 is 1.79 bits per heavy atom. The van der Waals surface area contributed by atoms with Crippen molar-refractivity contribution in [2.45, 2.75) is 51.1 Å². The Hall–Kier alpha value is -4.81. The number of guanidine groups is 3.